The third kappa shape index (κ3) is 3.87. The summed E-state index contributed by atoms with van der Waals surface area (Å²) in [5.41, 5.74) is 5.37. The molecule has 0 saturated carbocycles. The van der Waals surface area contributed by atoms with Crippen LogP contribution in [0.4, 0.5) is 5.69 Å². The topological polar surface area (TPSA) is 81.4 Å². The Morgan fingerprint density at radius 1 is 0.850 bits per heavy atom. The molecule has 4 heterocycles. The van der Waals surface area contributed by atoms with Crippen molar-refractivity contribution in [3.63, 3.8) is 0 Å². The highest BCUT2D eigenvalue weighted by molar-refractivity contribution is 6.00. The first-order valence-electron chi connectivity index (χ1n) is 13.9. The molecule has 0 radical (unpaired) electrons. The van der Waals surface area contributed by atoms with Crippen LogP contribution in [0.25, 0.3) is 21.8 Å². The summed E-state index contributed by atoms with van der Waals surface area (Å²) in [6.07, 6.45) is 6.19. The summed E-state index contributed by atoms with van der Waals surface area (Å²) in [6.45, 7) is 1.70. The minimum absolute atomic E-state index is 0.00698. The predicted molar refractivity (Wildman–Crippen MR) is 157 cm³/mol. The second-order valence-electron chi connectivity index (χ2n) is 11.0. The highest BCUT2D eigenvalue weighted by Gasteiger charge is 2.44. The zero-order chi connectivity index (χ0) is 27.3. The number of hydrogen-bond acceptors (Lipinski definition) is 3. The van der Waals surface area contributed by atoms with Crippen molar-refractivity contribution < 1.29 is 14.3 Å². The first-order valence-corrected chi connectivity index (χ1v) is 13.9. The molecule has 2 aliphatic rings. The van der Waals surface area contributed by atoms with Crippen molar-refractivity contribution in [2.24, 2.45) is 5.92 Å². The van der Waals surface area contributed by atoms with Crippen LogP contribution in [0.15, 0.2) is 85.2 Å². The number of likely N-dealkylation sites (tertiary alicyclic amines) is 1. The van der Waals surface area contributed by atoms with E-state index in [0.717, 1.165) is 35.3 Å². The summed E-state index contributed by atoms with van der Waals surface area (Å²) >= 11 is 0. The maximum Gasteiger partial charge on any atom is 0.228 e. The molecule has 202 valence electrons. The van der Waals surface area contributed by atoms with E-state index in [1.165, 1.54) is 21.9 Å². The fourth-order valence-electron chi connectivity index (χ4n) is 6.87. The van der Waals surface area contributed by atoms with Gasteiger partial charge < -0.3 is 24.5 Å². The highest BCUT2D eigenvalue weighted by Crippen LogP contribution is 2.47. The standard InChI is InChI=1S/C33H32N4O3/c1-40-24-12-10-23(11-13-24)37-21-22(18-31(37)38)32(39)36-16-14-33(15-17-36,27-19-34-29-8-4-2-6-25(27)29)28-20-35-30-9-5-3-7-26(28)30/h2-13,19-20,22,34-35H,14-18,21H2,1H3. The van der Waals surface area contributed by atoms with Gasteiger partial charge in [0.25, 0.3) is 0 Å². The molecule has 2 aliphatic heterocycles. The number of carbonyl (C=O) groups excluding carboxylic acids is 2. The van der Waals surface area contributed by atoms with Crippen LogP contribution >= 0.6 is 0 Å². The molecular formula is C33H32N4O3. The molecule has 7 heteroatoms. The second kappa shape index (κ2) is 9.59. The Labute approximate surface area is 232 Å². The summed E-state index contributed by atoms with van der Waals surface area (Å²) < 4.78 is 5.25. The number of carbonyl (C=O) groups is 2. The Morgan fingerprint density at radius 2 is 1.43 bits per heavy atom. The summed E-state index contributed by atoms with van der Waals surface area (Å²) in [6, 6.07) is 24.3. The number of H-pyrrole nitrogens is 2. The van der Waals surface area contributed by atoms with Crippen molar-refractivity contribution in [1.82, 2.24) is 14.9 Å². The number of nitrogens with zero attached hydrogens (tertiary/aromatic N) is 2. The van der Waals surface area contributed by atoms with Gasteiger partial charge in [-0.25, -0.2) is 0 Å². The molecule has 40 heavy (non-hydrogen) atoms. The number of aromatic amines is 2. The zero-order valence-electron chi connectivity index (χ0n) is 22.5. The third-order valence-electron chi connectivity index (χ3n) is 9.00. The number of anilines is 1. The van der Waals surface area contributed by atoms with Gasteiger partial charge in [-0.15, -0.1) is 0 Å². The predicted octanol–water partition coefficient (Wildman–Crippen LogP) is 5.62. The lowest BCUT2D eigenvalue weighted by molar-refractivity contribution is -0.137. The molecule has 3 aromatic carbocycles. The average Bonchev–Trinajstić information content (AvgIpc) is 3.74. The van der Waals surface area contributed by atoms with Crippen molar-refractivity contribution in [2.45, 2.75) is 24.7 Å². The van der Waals surface area contributed by atoms with Crippen LogP contribution in [0.3, 0.4) is 0 Å². The van der Waals surface area contributed by atoms with E-state index < -0.39 is 0 Å². The monoisotopic (exact) mass is 532 g/mol. The number of methoxy groups -OCH3 is 1. The van der Waals surface area contributed by atoms with Gasteiger partial charge in [-0.1, -0.05) is 36.4 Å². The number of piperidine rings is 1. The molecule has 1 atom stereocenters. The maximum absolute atomic E-state index is 13.7. The number of amides is 2. The number of ether oxygens (including phenoxy) is 1. The smallest absolute Gasteiger partial charge is 0.228 e. The van der Waals surface area contributed by atoms with Crippen molar-refractivity contribution in [2.75, 3.05) is 31.6 Å². The van der Waals surface area contributed by atoms with Crippen molar-refractivity contribution in [3.8, 4) is 5.75 Å². The first-order chi connectivity index (χ1) is 19.6. The molecule has 1 unspecified atom stereocenters. The minimum atomic E-state index is -0.330. The van der Waals surface area contributed by atoms with E-state index in [1.807, 2.05) is 29.2 Å². The number of nitrogens with one attached hydrogen (secondary N) is 2. The van der Waals surface area contributed by atoms with E-state index in [0.29, 0.717) is 19.6 Å². The van der Waals surface area contributed by atoms with Crippen LogP contribution < -0.4 is 9.64 Å². The SMILES string of the molecule is COc1ccc(N2CC(C(=O)N3CCC(c4c[nH]c5ccccc45)(c4c[nH]c5ccccc45)CC3)CC2=O)cc1. The molecule has 7 rings (SSSR count). The molecule has 7 nitrogen and oxygen atoms in total. The summed E-state index contributed by atoms with van der Waals surface area (Å²) in [5, 5.41) is 2.45. The number of benzene rings is 3. The average molecular weight is 533 g/mol. The van der Waals surface area contributed by atoms with E-state index in [1.54, 1.807) is 12.0 Å². The Morgan fingerprint density at radius 3 is 2.00 bits per heavy atom. The molecule has 0 spiro atoms. The Hall–Kier alpha value is -4.52. The first kappa shape index (κ1) is 24.5. The van der Waals surface area contributed by atoms with Crippen LogP contribution in [0.2, 0.25) is 0 Å². The number of para-hydroxylation sites is 2. The molecule has 0 aliphatic carbocycles. The fraction of sp³-hybridized carbons (Fsp3) is 0.273. The van der Waals surface area contributed by atoms with Crippen LogP contribution in [0.5, 0.6) is 5.75 Å². The van der Waals surface area contributed by atoms with Gasteiger partial charge in [0, 0.05) is 71.4 Å². The van der Waals surface area contributed by atoms with Gasteiger partial charge >= 0.3 is 0 Å². The van der Waals surface area contributed by atoms with Crippen molar-refractivity contribution in [3.05, 3.63) is 96.3 Å². The van der Waals surface area contributed by atoms with E-state index in [-0.39, 0.29) is 29.6 Å². The number of fused-ring (bicyclic) bond motifs is 2. The normalized spacial score (nSPS) is 19.0. The van der Waals surface area contributed by atoms with Gasteiger partial charge in [0.15, 0.2) is 0 Å². The quantitative estimate of drug-likeness (QED) is 0.308. The Kier molecular flexibility index (Phi) is 5.88. The highest BCUT2D eigenvalue weighted by atomic mass is 16.5. The van der Waals surface area contributed by atoms with Crippen LogP contribution in [0.1, 0.15) is 30.4 Å². The lowest BCUT2D eigenvalue weighted by Crippen LogP contribution is -2.47. The zero-order valence-corrected chi connectivity index (χ0v) is 22.5. The van der Waals surface area contributed by atoms with Gasteiger partial charge in [0.2, 0.25) is 11.8 Å². The number of hydrogen-bond donors (Lipinski definition) is 2. The molecule has 2 fully saturated rings. The van der Waals surface area contributed by atoms with Crippen LogP contribution in [0, 0.1) is 5.92 Å². The third-order valence-corrected chi connectivity index (χ3v) is 9.00. The molecule has 2 saturated heterocycles. The second-order valence-corrected chi connectivity index (χ2v) is 11.0. The number of aromatic nitrogens is 2. The van der Waals surface area contributed by atoms with E-state index in [9.17, 15) is 9.59 Å². The fourth-order valence-corrected chi connectivity index (χ4v) is 6.87. The van der Waals surface area contributed by atoms with Crippen molar-refractivity contribution in [1.29, 1.82) is 0 Å². The van der Waals surface area contributed by atoms with Gasteiger partial charge in [0.1, 0.15) is 5.75 Å². The van der Waals surface area contributed by atoms with Crippen LogP contribution in [-0.2, 0) is 15.0 Å². The van der Waals surface area contributed by atoms with Gasteiger partial charge in [-0.05, 0) is 60.4 Å². The van der Waals surface area contributed by atoms with E-state index in [4.69, 9.17) is 4.74 Å². The van der Waals surface area contributed by atoms with Crippen molar-refractivity contribution >= 4 is 39.3 Å². The van der Waals surface area contributed by atoms with E-state index >= 15 is 0 Å². The van der Waals surface area contributed by atoms with Gasteiger partial charge in [0.05, 0.1) is 13.0 Å². The number of rotatable bonds is 5. The van der Waals surface area contributed by atoms with Gasteiger partial charge in [-0.2, -0.15) is 0 Å². The molecule has 2 N–H and O–H groups in total. The van der Waals surface area contributed by atoms with Crippen LogP contribution in [-0.4, -0.2) is 53.4 Å². The molecule has 0 bridgehead atoms. The summed E-state index contributed by atoms with van der Waals surface area (Å²) in [4.78, 5) is 37.3. The van der Waals surface area contributed by atoms with Gasteiger partial charge in [-0.3, -0.25) is 9.59 Å². The molecule has 5 aromatic rings. The largest absolute Gasteiger partial charge is 0.497 e. The lowest BCUT2D eigenvalue weighted by atomic mass is 9.67. The summed E-state index contributed by atoms with van der Waals surface area (Å²) in [5.74, 6) is 0.483. The lowest BCUT2D eigenvalue weighted by Gasteiger charge is -2.43. The molecule has 2 aromatic heterocycles. The molecule has 2 amide bonds. The maximum atomic E-state index is 13.7. The van der Waals surface area contributed by atoms with E-state index in [2.05, 4.69) is 70.9 Å². The summed E-state index contributed by atoms with van der Waals surface area (Å²) in [7, 11) is 1.62. The minimum Gasteiger partial charge on any atom is -0.497 e. The Bertz CT molecular complexity index is 1630. The Balaban J connectivity index is 1.16. The molecular weight excluding hydrogens is 500 g/mol.